The Morgan fingerprint density at radius 3 is 2.30 bits per heavy atom. The number of benzene rings is 1. The Bertz CT molecular complexity index is 496. The number of nitrogens with zero attached hydrogens (tertiary/aromatic N) is 1. The number of hydrogen-bond acceptors (Lipinski definition) is 4. The fraction of sp³-hybridized carbons (Fsp3) is 0.571. The zero-order valence-corrected chi connectivity index (χ0v) is 13.4. The molecule has 114 valence electrons. The van der Waals surface area contributed by atoms with Crippen molar-refractivity contribution in [2.24, 2.45) is 5.92 Å². The van der Waals surface area contributed by atoms with Gasteiger partial charge >= 0.3 is 0 Å². The van der Waals surface area contributed by atoms with Crippen LogP contribution in [0.5, 0.6) is 5.75 Å². The highest BCUT2D eigenvalue weighted by atomic mass is 32.2. The number of likely N-dealkylation sites (N-methyl/N-ethyl adjacent to an activating group) is 1. The Morgan fingerprint density at radius 2 is 1.80 bits per heavy atom. The Hall–Kier alpha value is -1.11. The van der Waals surface area contributed by atoms with Gasteiger partial charge in [0.05, 0.1) is 11.5 Å². The summed E-state index contributed by atoms with van der Waals surface area (Å²) in [6.45, 7) is 5.80. The lowest BCUT2D eigenvalue weighted by Crippen LogP contribution is -2.31. The maximum atomic E-state index is 12.0. The second-order valence-electron chi connectivity index (χ2n) is 5.38. The van der Waals surface area contributed by atoms with Crippen molar-refractivity contribution < 1.29 is 13.2 Å². The first-order valence-corrected chi connectivity index (χ1v) is 8.17. The van der Waals surface area contributed by atoms with Crippen LogP contribution in [-0.4, -0.2) is 47.1 Å². The SMILES string of the molecule is CC(C)COc1ccc(S(=O)(=O)NCCN(C)C)cc1. The van der Waals surface area contributed by atoms with Crippen molar-refractivity contribution in [3.63, 3.8) is 0 Å². The molecule has 6 heteroatoms. The van der Waals surface area contributed by atoms with Crippen LogP contribution in [-0.2, 0) is 10.0 Å². The van der Waals surface area contributed by atoms with Crippen LogP contribution >= 0.6 is 0 Å². The van der Waals surface area contributed by atoms with Crippen LogP contribution in [0.1, 0.15) is 13.8 Å². The zero-order chi connectivity index (χ0) is 15.2. The first-order valence-electron chi connectivity index (χ1n) is 6.68. The molecular formula is C14H24N2O3S. The van der Waals surface area contributed by atoms with Gasteiger partial charge in [0.1, 0.15) is 5.75 Å². The number of rotatable bonds is 8. The van der Waals surface area contributed by atoms with Crippen LogP contribution in [0.25, 0.3) is 0 Å². The summed E-state index contributed by atoms with van der Waals surface area (Å²) in [4.78, 5) is 2.18. The van der Waals surface area contributed by atoms with Crippen molar-refractivity contribution in [3.05, 3.63) is 24.3 Å². The molecule has 0 aliphatic heterocycles. The first kappa shape index (κ1) is 16.9. The zero-order valence-electron chi connectivity index (χ0n) is 12.6. The normalized spacial score (nSPS) is 12.1. The van der Waals surface area contributed by atoms with Gasteiger partial charge in [0.15, 0.2) is 0 Å². The summed E-state index contributed by atoms with van der Waals surface area (Å²) in [7, 11) is 0.360. The van der Waals surface area contributed by atoms with Gasteiger partial charge in [-0.05, 0) is 44.3 Å². The molecule has 1 aromatic rings. The summed E-state index contributed by atoms with van der Waals surface area (Å²) in [5, 5.41) is 0. The molecule has 20 heavy (non-hydrogen) atoms. The second-order valence-corrected chi connectivity index (χ2v) is 7.14. The number of sulfonamides is 1. The quantitative estimate of drug-likeness (QED) is 0.791. The lowest BCUT2D eigenvalue weighted by atomic mass is 10.2. The molecule has 0 saturated heterocycles. The predicted octanol–water partition coefficient (Wildman–Crippen LogP) is 1.56. The average molecular weight is 300 g/mol. The minimum absolute atomic E-state index is 0.258. The van der Waals surface area contributed by atoms with Gasteiger partial charge in [0.2, 0.25) is 10.0 Å². The molecule has 0 saturated carbocycles. The van der Waals surface area contributed by atoms with Gasteiger partial charge in [0.25, 0.3) is 0 Å². The van der Waals surface area contributed by atoms with Gasteiger partial charge in [-0.15, -0.1) is 0 Å². The Labute approximate surface area is 122 Å². The summed E-state index contributed by atoms with van der Waals surface area (Å²) in [5.41, 5.74) is 0. The third kappa shape index (κ3) is 5.90. The van der Waals surface area contributed by atoms with E-state index in [1.165, 1.54) is 0 Å². The summed E-state index contributed by atoms with van der Waals surface area (Å²) >= 11 is 0. The van der Waals surface area contributed by atoms with E-state index in [9.17, 15) is 8.42 Å². The van der Waals surface area contributed by atoms with E-state index in [4.69, 9.17) is 4.74 Å². The van der Waals surface area contributed by atoms with Gasteiger partial charge in [0, 0.05) is 13.1 Å². The highest BCUT2D eigenvalue weighted by molar-refractivity contribution is 7.89. The van der Waals surface area contributed by atoms with Gasteiger partial charge in [-0.1, -0.05) is 13.8 Å². The highest BCUT2D eigenvalue weighted by Crippen LogP contribution is 2.16. The molecule has 0 aromatic heterocycles. The van der Waals surface area contributed by atoms with Crippen LogP contribution < -0.4 is 9.46 Å². The van der Waals surface area contributed by atoms with Crippen LogP contribution in [0.3, 0.4) is 0 Å². The van der Waals surface area contributed by atoms with E-state index in [1.54, 1.807) is 24.3 Å². The largest absolute Gasteiger partial charge is 0.493 e. The van der Waals surface area contributed by atoms with Crippen molar-refractivity contribution in [1.29, 1.82) is 0 Å². The van der Waals surface area contributed by atoms with Crippen LogP contribution in [0.4, 0.5) is 0 Å². The summed E-state index contributed by atoms with van der Waals surface area (Å²) < 4.78 is 32.1. The minimum atomic E-state index is -3.44. The van der Waals surface area contributed by atoms with Crippen molar-refractivity contribution in [3.8, 4) is 5.75 Å². The van der Waals surface area contributed by atoms with Crippen molar-refractivity contribution in [1.82, 2.24) is 9.62 Å². The molecule has 5 nitrogen and oxygen atoms in total. The van der Waals surface area contributed by atoms with Crippen molar-refractivity contribution >= 4 is 10.0 Å². The molecule has 0 atom stereocenters. The molecule has 1 rings (SSSR count). The number of hydrogen-bond donors (Lipinski definition) is 1. The van der Waals surface area contributed by atoms with Gasteiger partial charge in [-0.3, -0.25) is 0 Å². The van der Waals surface area contributed by atoms with E-state index in [0.717, 1.165) is 0 Å². The van der Waals surface area contributed by atoms with E-state index in [-0.39, 0.29) is 4.90 Å². The van der Waals surface area contributed by atoms with E-state index < -0.39 is 10.0 Å². The lowest BCUT2D eigenvalue weighted by Gasteiger charge is -2.12. The number of nitrogens with one attached hydrogen (secondary N) is 1. The van der Waals surface area contributed by atoms with E-state index in [1.807, 2.05) is 19.0 Å². The Balaban J connectivity index is 2.62. The molecule has 0 bridgehead atoms. The van der Waals surface area contributed by atoms with E-state index >= 15 is 0 Å². The molecule has 0 heterocycles. The standard InChI is InChI=1S/C14H24N2O3S/c1-12(2)11-19-13-5-7-14(8-6-13)20(17,18)15-9-10-16(3)4/h5-8,12,15H,9-11H2,1-4H3. The third-order valence-electron chi connectivity index (χ3n) is 2.57. The van der Waals surface area contributed by atoms with Crippen LogP contribution in [0.15, 0.2) is 29.2 Å². The maximum absolute atomic E-state index is 12.0. The fourth-order valence-corrected chi connectivity index (χ4v) is 2.49. The molecule has 0 aliphatic carbocycles. The molecule has 1 aromatic carbocycles. The van der Waals surface area contributed by atoms with Crippen LogP contribution in [0.2, 0.25) is 0 Å². The van der Waals surface area contributed by atoms with E-state index in [0.29, 0.717) is 31.4 Å². The second kappa shape index (κ2) is 7.61. The topological polar surface area (TPSA) is 58.6 Å². The molecular weight excluding hydrogens is 276 g/mol. The highest BCUT2D eigenvalue weighted by Gasteiger charge is 2.13. The lowest BCUT2D eigenvalue weighted by molar-refractivity contribution is 0.271. The Morgan fingerprint density at radius 1 is 1.20 bits per heavy atom. The van der Waals surface area contributed by atoms with Crippen molar-refractivity contribution in [2.45, 2.75) is 18.7 Å². The van der Waals surface area contributed by atoms with Gasteiger partial charge in [-0.25, -0.2) is 13.1 Å². The van der Waals surface area contributed by atoms with E-state index in [2.05, 4.69) is 18.6 Å². The average Bonchev–Trinajstić information content (AvgIpc) is 2.36. The number of ether oxygens (including phenoxy) is 1. The minimum Gasteiger partial charge on any atom is -0.493 e. The summed E-state index contributed by atoms with van der Waals surface area (Å²) in [5.74, 6) is 1.12. The molecule has 0 amide bonds. The van der Waals surface area contributed by atoms with Crippen LogP contribution in [0, 0.1) is 5.92 Å². The summed E-state index contributed by atoms with van der Waals surface area (Å²) in [6, 6.07) is 6.49. The molecule has 1 N–H and O–H groups in total. The van der Waals surface area contributed by atoms with Gasteiger partial charge in [-0.2, -0.15) is 0 Å². The van der Waals surface area contributed by atoms with Crippen molar-refractivity contribution in [2.75, 3.05) is 33.8 Å². The molecule has 0 aliphatic rings. The smallest absolute Gasteiger partial charge is 0.240 e. The Kier molecular flexibility index (Phi) is 6.45. The monoisotopic (exact) mass is 300 g/mol. The van der Waals surface area contributed by atoms with Gasteiger partial charge < -0.3 is 9.64 Å². The molecule has 0 spiro atoms. The first-order chi connectivity index (χ1) is 9.31. The third-order valence-corrected chi connectivity index (χ3v) is 4.05. The molecule has 0 fully saturated rings. The predicted molar refractivity (Wildman–Crippen MR) is 80.5 cm³/mol. The fourth-order valence-electron chi connectivity index (χ4n) is 1.46. The molecule has 0 unspecified atom stereocenters. The maximum Gasteiger partial charge on any atom is 0.240 e. The molecule has 0 radical (unpaired) electrons. The summed E-state index contributed by atoms with van der Waals surface area (Å²) in [6.07, 6.45) is 0.